The molecule has 1 saturated heterocycles. The van der Waals surface area contributed by atoms with Crippen molar-refractivity contribution in [2.75, 3.05) is 11.4 Å². The monoisotopic (exact) mass is 320 g/mol. The van der Waals surface area contributed by atoms with Crippen molar-refractivity contribution < 1.29 is 4.42 Å². The average molecular weight is 320 g/mol. The number of hydrogen-bond donors (Lipinski definition) is 0. The highest BCUT2D eigenvalue weighted by Crippen LogP contribution is 2.47. The van der Waals surface area contributed by atoms with Crippen LogP contribution in [0, 0.1) is 6.92 Å². The molecule has 2 unspecified atom stereocenters. The zero-order valence-electron chi connectivity index (χ0n) is 13.2. The highest BCUT2D eigenvalue weighted by Gasteiger charge is 2.43. The van der Waals surface area contributed by atoms with E-state index in [4.69, 9.17) is 4.42 Å². The van der Waals surface area contributed by atoms with Crippen molar-refractivity contribution in [3.05, 3.63) is 74.5 Å². The molecule has 2 aliphatic heterocycles. The topological polar surface area (TPSA) is 55.5 Å². The Hall–Kier alpha value is -2.82. The van der Waals surface area contributed by atoms with Gasteiger partial charge in [0.1, 0.15) is 5.58 Å². The zero-order chi connectivity index (χ0) is 16.4. The van der Waals surface area contributed by atoms with Gasteiger partial charge in [-0.05, 0) is 31.5 Å². The van der Waals surface area contributed by atoms with Crippen LogP contribution in [-0.4, -0.2) is 11.1 Å². The molecule has 24 heavy (non-hydrogen) atoms. The lowest BCUT2D eigenvalue weighted by Gasteiger charge is -2.31. The summed E-state index contributed by atoms with van der Waals surface area (Å²) in [6.45, 7) is 2.77. The molecule has 0 radical (unpaired) electrons. The van der Waals surface area contributed by atoms with Gasteiger partial charge in [0.2, 0.25) is 0 Å². The normalized spacial score (nSPS) is 21.5. The number of nitrogens with zero attached hydrogens (tertiary/aromatic N) is 2. The van der Waals surface area contributed by atoms with Crippen LogP contribution in [0.5, 0.6) is 0 Å². The summed E-state index contributed by atoms with van der Waals surface area (Å²) < 4.78 is 7.25. The van der Waals surface area contributed by atoms with Gasteiger partial charge < -0.3 is 13.9 Å². The van der Waals surface area contributed by atoms with Gasteiger partial charge in [0.25, 0.3) is 5.56 Å². The van der Waals surface area contributed by atoms with Gasteiger partial charge in [0.15, 0.2) is 0 Å². The Kier molecular flexibility index (Phi) is 2.61. The van der Waals surface area contributed by atoms with Crippen molar-refractivity contribution in [2.24, 2.45) is 0 Å². The van der Waals surface area contributed by atoms with Crippen molar-refractivity contribution >= 4 is 16.7 Å². The minimum Gasteiger partial charge on any atom is -0.423 e. The molecule has 1 aromatic carbocycles. The highest BCUT2D eigenvalue weighted by molar-refractivity contribution is 5.91. The molecule has 5 heteroatoms. The molecule has 0 amide bonds. The number of benzene rings is 1. The standard InChI is InChI=1S/C19H16N2O3/c1-11-5-6-17-13(7-11)15(9-19(23)24-17)20-10-12-8-16(20)14-3-2-4-18(22)21(12)14/h2-7,9,12,16H,8,10H2,1H3. The van der Waals surface area contributed by atoms with E-state index in [1.54, 1.807) is 12.1 Å². The Morgan fingerprint density at radius 3 is 2.88 bits per heavy atom. The van der Waals surface area contributed by atoms with Crippen LogP contribution in [-0.2, 0) is 0 Å². The molecule has 2 aliphatic rings. The van der Waals surface area contributed by atoms with Crippen molar-refractivity contribution in [1.82, 2.24) is 4.57 Å². The minimum absolute atomic E-state index is 0.0629. The largest absolute Gasteiger partial charge is 0.423 e. The first-order chi connectivity index (χ1) is 11.6. The van der Waals surface area contributed by atoms with Gasteiger partial charge in [-0.1, -0.05) is 17.7 Å². The van der Waals surface area contributed by atoms with Crippen molar-refractivity contribution in [1.29, 1.82) is 0 Å². The molecule has 120 valence electrons. The fourth-order valence-corrected chi connectivity index (χ4v) is 4.22. The summed E-state index contributed by atoms with van der Waals surface area (Å²) >= 11 is 0. The summed E-state index contributed by atoms with van der Waals surface area (Å²) in [4.78, 5) is 26.4. The Morgan fingerprint density at radius 1 is 1.12 bits per heavy atom. The number of rotatable bonds is 1. The van der Waals surface area contributed by atoms with E-state index in [1.807, 2.05) is 35.8 Å². The second-order valence-corrected chi connectivity index (χ2v) is 6.67. The predicted molar refractivity (Wildman–Crippen MR) is 91.7 cm³/mol. The summed E-state index contributed by atoms with van der Waals surface area (Å²) in [6.07, 6.45) is 0.910. The summed E-state index contributed by atoms with van der Waals surface area (Å²) in [5.74, 6) is 0. The maximum atomic E-state index is 12.1. The van der Waals surface area contributed by atoms with E-state index in [0.29, 0.717) is 5.58 Å². The Balaban J connectivity index is 1.72. The van der Waals surface area contributed by atoms with Gasteiger partial charge in [-0.3, -0.25) is 4.79 Å². The van der Waals surface area contributed by atoms with E-state index in [1.165, 1.54) is 0 Å². The van der Waals surface area contributed by atoms with E-state index >= 15 is 0 Å². The number of anilines is 1. The van der Waals surface area contributed by atoms with Gasteiger partial charge in [-0.2, -0.15) is 0 Å². The molecular weight excluding hydrogens is 304 g/mol. The van der Waals surface area contributed by atoms with Gasteiger partial charge in [0, 0.05) is 29.8 Å². The number of pyridine rings is 1. The van der Waals surface area contributed by atoms with Gasteiger partial charge in [-0.15, -0.1) is 0 Å². The summed E-state index contributed by atoms with van der Waals surface area (Å²) in [5, 5.41) is 0.951. The van der Waals surface area contributed by atoms with E-state index in [-0.39, 0.29) is 23.3 Å². The summed E-state index contributed by atoms with van der Waals surface area (Å²) in [7, 11) is 0. The number of hydrogen-bond acceptors (Lipinski definition) is 4. The van der Waals surface area contributed by atoms with Crippen LogP contribution in [0.1, 0.15) is 29.8 Å². The lowest BCUT2D eigenvalue weighted by molar-refractivity contribution is 0.543. The van der Waals surface area contributed by atoms with Crippen LogP contribution < -0.4 is 16.1 Å². The van der Waals surface area contributed by atoms with Crippen LogP contribution in [0.15, 0.2) is 56.5 Å². The fourth-order valence-electron chi connectivity index (χ4n) is 4.22. The third-order valence-electron chi connectivity index (χ3n) is 5.19. The van der Waals surface area contributed by atoms with E-state index in [9.17, 15) is 9.59 Å². The molecule has 2 bridgehead atoms. The maximum Gasteiger partial charge on any atom is 0.338 e. The van der Waals surface area contributed by atoms with Gasteiger partial charge >= 0.3 is 5.63 Å². The van der Waals surface area contributed by atoms with E-state index < -0.39 is 0 Å². The van der Waals surface area contributed by atoms with Crippen LogP contribution >= 0.6 is 0 Å². The molecule has 0 aliphatic carbocycles. The van der Waals surface area contributed by atoms with Crippen LogP contribution in [0.2, 0.25) is 0 Å². The van der Waals surface area contributed by atoms with Crippen LogP contribution in [0.25, 0.3) is 11.0 Å². The Bertz CT molecular complexity index is 1100. The molecule has 2 aromatic heterocycles. The van der Waals surface area contributed by atoms with E-state index in [0.717, 1.165) is 35.3 Å². The second kappa shape index (κ2) is 4.60. The van der Waals surface area contributed by atoms with Gasteiger partial charge in [0.05, 0.1) is 17.8 Å². The van der Waals surface area contributed by atoms with Crippen molar-refractivity contribution in [2.45, 2.75) is 25.4 Å². The van der Waals surface area contributed by atoms with Crippen LogP contribution in [0.4, 0.5) is 5.69 Å². The van der Waals surface area contributed by atoms with Crippen LogP contribution in [0.3, 0.4) is 0 Å². The SMILES string of the molecule is Cc1ccc2oc(=O)cc(N3CC4CC3c3cccc(=O)n34)c2c1. The lowest BCUT2D eigenvalue weighted by atomic mass is 10.1. The Labute approximate surface area is 137 Å². The molecule has 5 nitrogen and oxygen atoms in total. The minimum atomic E-state index is -0.338. The quantitative estimate of drug-likeness (QED) is 0.647. The lowest BCUT2D eigenvalue weighted by Crippen LogP contribution is -2.35. The average Bonchev–Trinajstić information content (AvgIpc) is 3.14. The molecular formula is C19H16N2O3. The van der Waals surface area contributed by atoms with Crippen molar-refractivity contribution in [3.8, 4) is 0 Å². The first-order valence-electron chi connectivity index (χ1n) is 8.14. The number of aryl methyl sites for hydroxylation is 1. The smallest absolute Gasteiger partial charge is 0.338 e. The maximum absolute atomic E-state index is 12.1. The Morgan fingerprint density at radius 2 is 2.00 bits per heavy atom. The summed E-state index contributed by atoms with van der Waals surface area (Å²) in [5.41, 5.74) is 3.39. The first-order valence-corrected chi connectivity index (χ1v) is 8.14. The molecule has 0 saturated carbocycles. The second-order valence-electron chi connectivity index (χ2n) is 6.67. The third-order valence-corrected chi connectivity index (χ3v) is 5.19. The first kappa shape index (κ1) is 13.6. The molecule has 3 aromatic rings. The molecule has 0 N–H and O–H groups in total. The van der Waals surface area contributed by atoms with Gasteiger partial charge in [-0.25, -0.2) is 4.79 Å². The summed E-state index contributed by atoms with van der Waals surface area (Å²) in [6, 6.07) is 13.2. The fraction of sp³-hybridized carbons (Fsp3) is 0.263. The van der Waals surface area contributed by atoms with Crippen molar-refractivity contribution in [3.63, 3.8) is 0 Å². The molecule has 4 heterocycles. The molecule has 5 rings (SSSR count). The zero-order valence-corrected chi connectivity index (χ0v) is 13.2. The number of aromatic nitrogens is 1. The molecule has 0 spiro atoms. The molecule has 2 atom stereocenters. The highest BCUT2D eigenvalue weighted by atomic mass is 16.4. The molecule has 1 fully saturated rings. The number of fused-ring (bicyclic) bond motifs is 6. The van der Waals surface area contributed by atoms with E-state index in [2.05, 4.69) is 11.0 Å². The predicted octanol–water partition coefficient (Wildman–Crippen LogP) is 2.77. The third kappa shape index (κ3) is 1.75.